The van der Waals surface area contributed by atoms with Gasteiger partial charge in [0.05, 0.1) is 17.8 Å². The highest BCUT2D eigenvalue weighted by Crippen LogP contribution is 2.32. The number of aromatic nitrogens is 1. The van der Waals surface area contributed by atoms with Gasteiger partial charge in [-0.05, 0) is 48.4 Å². The summed E-state index contributed by atoms with van der Waals surface area (Å²) >= 11 is 12.3. The van der Waals surface area contributed by atoms with E-state index >= 15 is 0 Å². The van der Waals surface area contributed by atoms with Crippen LogP contribution >= 0.6 is 23.2 Å². The van der Waals surface area contributed by atoms with Gasteiger partial charge in [-0.2, -0.15) is 0 Å². The Morgan fingerprint density at radius 3 is 2.89 bits per heavy atom. The summed E-state index contributed by atoms with van der Waals surface area (Å²) in [5.41, 5.74) is 2.39. The molecule has 0 radical (unpaired) electrons. The number of rotatable bonds is 4. The van der Waals surface area contributed by atoms with Gasteiger partial charge in [0.1, 0.15) is 5.75 Å². The predicted octanol–water partition coefficient (Wildman–Crippen LogP) is 5.23. The zero-order chi connectivity index (χ0) is 18.8. The molecule has 1 aliphatic rings. The molecular formula is C20H16Cl2N2O3. The molecule has 0 aliphatic carbocycles. The fourth-order valence-electron chi connectivity index (χ4n) is 3.17. The van der Waals surface area contributed by atoms with Gasteiger partial charge in [0.2, 0.25) is 5.91 Å². The van der Waals surface area contributed by atoms with Crippen molar-refractivity contribution >= 4 is 34.8 Å². The highest BCUT2D eigenvalue weighted by atomic mass is 35.5. The summed E-state index contributed by atoms with van der Waals surface area (Å²) in [7, 11) is 0. The molecule has 2 heterocycles. The van der Waals surface area contributed by atoms with Crippen LogP contribution in [0.4, 0.5) is 5.69 Å². The number of oxazole rings is 1. The van der Waals surface area contributed by atoms with Crippen LogP contribution in [0.25, 0.3) is 11.3 Å². The molecule has 3 aromatic rings. The van der Waals surface area contributed by atoms with E-state index in [1.807, 2.05) is 12.1 Å². The van der Waals surface area contributed by atoms with Crippen LogP contribution in [0.3, 0.4) is 0 Å². The quantitative estimate of drug-likeness (QED) is 0.648. The SMILES string of the molecule is O=C(CC1COc2ccc(Cl)cc2C1)Nc1ccc(-c2cnco2)c(Cl)c1. The molecule has 27 heavy (non-hydrogen) atoms. The Morgan fingerprint density at radius 1 is 1.22 bits per heavy atom. The Morgan fingerprint density at radius 2 is 2.11 bits per heavy atom. The van der Waals surface area contributed by atoms with Gasteiger partial charge < -0.3 is 14.5 Å². The van der Waals surface area contributed by atoms with Crippen LogP contribution in [0, 0.1) is 5.92 Å². The largest absolute Gasteiger partial charge is 0.493 e. The average molecular weight is 403 g/mol. The van der Waals surface area contributed by atoms with E-state index in [9.17, 15) is 4.79 Å². The number of anilines is 1. The normalized spacial score (nSPS) is 15.7. The molecule has 1 unspecified atom stereocenters. The molecule has 1 atom stereocenters. The summed E-state index contributed by atoms with van der Waals surface area (Å²) in [6.07, 6.45) is 4.05. The monoisotopic (exact) mass is 402 g/mol. The Bertz CT molecular complexity index is 973. The van der Waals surface area contributed by atoms with Gasteiger partial charge in [-0.15, -0.1) is 0 Å². The molecule has 1 aliphatic heterocycles. The molecule has 138 valence electrons. The lowest BCUT2D eigenvalue weighted by atomic mass is 9.94. The molecule has 0 spiro atoms. The van der Waals surface area contributed by atoms with Crippen LogP contribution in [-0.2, 0) is 11.2 Å². The first-order valence-corrected chi connectivity index (χ1v) is 9.23. The molecule has 0 fully saturated rings. The first kappa shape index (κ1) is 17.9. The zero-order valence-corrected chi connectivity index (χ0v) is 15.8. The third-order valence-electron chi connectivity index (χ3n) is 4.43. The minimum absolute atomic E-state index is 0.0856. The molecule has 0 bridgehead atoms. The lowest BCUT2D eigenvalue weighted by Gasteiger charge is -2.25. The number of ether oxygens (including phenoxy) is 1. The maximum Gasteiger partial charge on any atom is 0.224 e. The van der Waals surface area contributed by atoms with Crippen molar-refractivity contribution in [1.82, 2.24) is 4.98 Å². The van der Waals surface area contributed by atoms with Crippen molar-refractivity contribution in [2.45, 2.75) is 12.8 Å². The lowest BCUT2D eigenvalue weighted by Crippen LogP contribution is -2.26. The molecule has 2 aromatic carbocycles. The molecule has 1 N–H and O–H groups in total. The van der Waals surface area contributed by atoms with Crippen LogP contribution in [-0.4, -0.2) is 17.5 Å². The standard InChI is InChI=1S/C20H16Cl2N2O3/c21-14-1-4-18-13(7-14)5-12(10-26-18)6-20(25)24-15-2-3-16(17(22)8-15)19-9-23-11-27-19/h1-4,7-9,11-12H,5-6,10H2,(H,24,25). The lowest BCUT2D eigenvalue weighted by molar-refractivity contribution is -0.117. The maximum atomic E-state index is 12.4. The first-order chi connectivity index (χ1) is 13.1. The molecule has 1 amide bonds. The van der Waals surface area contributed by atoms with Crippen molar-refractivity contribution in [3.8, 4) is 17.1 Å². The van der Waals surface area contributed by atoms with E-state index in [4.69, 9.17) is 32.4 Å². The molecule has 0 saturated carbocycles. The van der Waals surface area contributed by atoms with Gasteiger partial charge in [-0.3, -0.25) is 4.79 Å². The number of amides is 1. The van der Waals surface area contributed by atoms with Gasteiger partial charge in [0.15, 0.2) is 12.2 Å². The summed E-state index contributed by atoms with van der Waals surface area (Å²) in [5, 5.41) is 4.04. The number of benzene rings is 2. The highest BCUT2D eigenvalue weighted by molar-refractivity contribution is 6.33. The Kier molecular flexibility index (Phi) is 5.05. The fraction of sp³-hybridized carbons (Fsp3) is 0.200. The van der Waals surface area contributed by atoms with E-state index < -0.39 is 0 Å². The van der Waals surface area contributed by atoms with Crippen molar-refractivity contribution in [3.63, 3.8) is 0 Å². The zero-order valence-electron chi connectivity index (χ0n) is 14.2. The molecule has 4 rings (SSSR count). The van der Waals surface area contributed by atoms with E-state index in [1.54, 1.807) is 30.5 Å². The number of nitrogens with one attached hydrogen (secondary N) is 1. The third kappa shape index (κ3) is 4.10. The van der Waals surface area contributed by atoms with Gasteiger partial charge in [-0.25, -0.2) is 4.98 Å². The molecule has 1 aromatic heterocycles. The summed E-state index contributed by atoms with van der Waals surface area (Å²) in [5.74, 6) is 1.43. The molecular weight excluding hydrogens is 387 g/mol. The number of fused-ring (bicyclic) bond motifs is 1. The Hall–Kier alpha value is -2.50. The van der Waals surface area contributed by atoms with E-state index in [2.05, 4.69) is 10.3 Å². The number of nitrogens with zero attached hydrogens (tertiary/aromatic N) is 1. The molecule has 0 saturated heterocycles. The first-order valence-electron chi connectivity index (χ1n) is 8.48. The summed E-state index contributed by atoms with van der Waals surface area (Å²) in [6.45, 7) is 0.507. The summed E-state index contributed by atoms with van der Waals surface area (Å²) in [4.78, 5) is 16.3. The van der Waals surface area contributed by atoms with Crippen molar-refractivity contribution < 1.29 is 13.9 Å². The predicted molar refractivity (Wildman–Crippen MR) is 104 cm³/mol. The second kappa shape index (κ2) is 7.62. The average Bonchev–Trinajstić information content (AvgIpc) is 3.15. The van der Waals surface area contributed by atoms with Crippen molar-refractivity contribution in [2.24, 2.45) is 5.92 Å². The van der Waals surface area contributed by atoms with E-state index in [1.165, 1.54) is 6.39 Å². The van der Waals surface area contributed by atoms with Crippen molar-refractivity contribution in [2.75, 3.05) is 11.9 Å². The Balaban J connectivity index is 1.39. The van der Waals surface area contributed by atoms with Gasteiger partial charge in [0.25, 0.3) is 0 Å². The molecule has 5 nitrogen and oxygen atoms in total. The van der Waals surface area contributed by atoms with Crippen LogP contribution in [0.5, 0.6) is 5.75 Å². The van der Waals surface area contributed by atoms with Crippen molar-refractivity contribution in [3.05, 3.63) is 64.6 Å². The summed E-state index contributed by atoms with van der Waals surface area (Å²) < 4.78 is 11.0. The third-order valence-corrected chi connectivity index (χ3v) is 4.98. The van der Waals surface area contributed by atoms with Crippen LogP contribution in [0.15, 0.2) is 53.4 Å². The Labute approximate surface area is 166 Å². The molecule has 7 heteroatoms. The number of hydrogen-bond donors (Lipinski definition) is 1. The fourth-order valence-corrected chi connectivity index (χ4v) is 3.64. The second-order valence-electron chi connectivity index (χ2n) is 6.45. The van der Waals surface area contributed by atoms with E-state index in [-0.39, 0.29) is 11.8 Å². The van der Waals surface area contributed by atoms with E-state index in [0.717, 1.165) is 23.3 Å². The number of halogens is 2. The minimum atomic E-state index is -0.0856. The van der Waals surface area contributed by atoms with Gasteiger partial charge in [-0.1, -0.05) is 23.2 Å². The van der Waals surface area contributed by atoms with Crippen LogP contribution in [0.1, 0.15) is 12.0 Å². The number of carbonyl (C=O) groups excluding carboxylic acids is 1. The number of hydrogen-bond acceptors (Lipinski definition) is 4. The second-order valence-corrected chi connectivity index (χ2v) is 7.29. The highest BCUT2D eigenvalue weighted by Gasteiger charge is 2.22. The van der Waals surface area contributed by atoms with Crippen LogP contribution in [0.2, 0.25) is 10.0 Å². The summed E-state index contributed by atoms with van der Waals surface area (Å²) in [6, 6.07) is 10.8. The topological polar surface area (TPSA) is 64.4 Å². The maximum absolute atomic E-state index is 12.4. The van der Waals surface area contributed by atoms with E-state index in [0.29, 0.717) is 34.5 Å². The van der Waals surface area contributed by atoms with Crippen LogP contribution < -0.4 is 10.1 Å². The van der Waals surface area contributed by atoms with Gasteiger partial charge >= 0.3 is 0 Å². The minimum Gasteiger partial charge on any atom is -0.493 e. The van der Waals surface area contributed by atoms with Gasteiger partial charge in [0, 0.05) is 28.6 Å². The number of carbonyl (C=O) groups is 1. The van der Waals surface area contributed by atoms with Crippen molar-refractivity contribution in [1.29, 1.82) is 0 Å². The smallest absolute Gasteiger partial charge is 0.224 e.